The van der Waals surface area contributed by atoms with Gasteiger partial charge >= 0.3 is 12.0 Å². The molecule has 2 aliphatic rings. The third kappa shape index (κ3) is 5.34. The average molecular weight is 341 g/mol. The topological polar surface area (TPSA) is 71.1 Å². The van der Waals surface area contributed by atoms with Crippen molar-refractivity contribution in [2.75, 3.05) is 33.3 Å². The van der Waals surface area contributed by atoms with Gasteiger partial charge in [0, 0.05) is 32.1 Å². The second-order valence-electron chi connectivity index (χ2n) is 7.12. The number of urea groups is 1. The highest BCUT2D eigenvalue weighted by atomic mass is 16.5. The van der Waals surface area contributed by atoms with Crippen LogP contribution in [0.25, 0.3) is 0 Å². The molecule has 24 heavy (non-hydrogen) atoms. The maximum Gasteiger partial charge on any atom is 0.317 e. The first kappa shape index (κ1) is 19.0. The first-order valence-electron chi connectivity index (χ1n) is 8.93. The van der Waals surface area contributed by atoms with Crippen LogP contribution < -0.4 is 5.32 Å². The summed E-state index contributed by atoms with van der Waals surface area (Å²) in [5, 5.41) is 2.99. The number of piperidine rings is 1. The molecule has 2 heterocycles. The van der Waals surface area contributed by atoms with E-state index in [0.29, 0.717) is 25.9 Å². The van der Waals surface area contributed by atoms with Gasteiger partial charge in [0.15, 0.2) is 0 Å². The van der Waals surface area contributed by atoms with Crippen molar-refractivity contribution in [2.45, 2.75) is 64.3 Å². The number of hydrogen-bond donors (Lipinski definition) is 1. The van der Waals surface area contributed by atoms with Gasteiger partial charge in [0.2, 0.25) is 0 Å². The molecule has 0 radical (unpaired) electrons. The van der Waals surface area contributed by atoms with Gasteiger partial charge in [-0.3, -0.25) is 9.69 Å². The molecule has 2 amide bonds. The molecule has 2 aliphatic heterocycles. The maximum atomic E-state index is 12.5. The number of amides is 2. The molecule has 2 fully saturated rings. The number of rotatable bonds is 5. The van der Waals surface area contributed by atoms with Crippen LogP contribution in [0.5, 0.6) is 0 Å². The van der Waals surface area contributed by atoms with Gasteiger partial charge in [-0.25, -0.2) is 4.79 Å². The van der Waals surface area contributed by atoms with Gasteiger partial charge < -0.3 is 19.7 Å². The summed E-state index contributed by atoms with van der Waals surface area (Å²) < 4.78 is 10.9. The van der Waals surface area contributed by atoms with E-state index in [1.54, 1.807) is 0 Å². The molecule has 0 aromatic rings. The molecule has 7 nitrogen and oxygen atoms in total. The summed E-state index contributed by atoms with van der Waals surface area (Å²) in [5.41, 5.74) is 0. The standard InChI is InChI=1S/C17H31N3O4/c1-12(2)24-16(21)6-5-13(3)18-17(22)20-8-7-15-14(11-20)19(4)9-10-23-15/h12-15H,5-11H2,1-4H3,(H,18,22)/t13-,14+,15-/m1/s1. The van der Waals surface area contributed by atoms with Crippen LogP contribution in [-0.4, -0.2) is 79.4 Å². The number of fused-ring (bicyclic) bond motifs is 1. The predicted octanol–water partition coefficient (Wildman–Crippen LogP) is 1.22. The minimum atomic E-state index is -0.215. The summed E-state index contributed by atoms with van der Waals surface area (Å²) >= 11 is 0. The minimum Gasteiger partial charge on any atom is -0.463 e. The third-order valence-electron chi connectivity index (χ3n) is 4.67. The lowest BCUT2D eigenvalue weighted by molar-refractivity contribution is -0.147. The zero-order valence-corrected chi connectivity index (χ0v) is 15.3. The number of ether oxygens (including phenoxy) is 2. The molecule has 0 aromatic carbocycles. The Labute approximate surface area is 144 Å². The van der Waals surface area contributed by atoms with Gasteiger partial charge in [-0.05, 0) is 40.7 Å². The fraction of sp³-hybridized carbons (Fsp3) is 0.882. The summed E-state index contributed by atoms with van der Waals surface area (Å²) in [6.07, 6.45) is 1.91. The van der Waals surface area contributed by atoms with Crippen LogP contribution in [0.15, 0.2) is 0 Å². The van der Waals surface area contributed by atoms with E-state index < -0.39 is 0 Å². The highest BCUT2D eigenvalue weighted by molar-refractivity contribution is 5.75. The first-order valence-corrected chi connectivity index (χ1v) is 8.93. The highest BCUT2D eigenvalue weighted by Gasteiger charge is 2.37. The Morgan fingerprint density at radius 2 is 2.04 bits per heavy atom. The van der Waals surface area contributed by atoms with Crippen LogP contribution in [0.1, 0.15) is 40.0 Å². The molecule has 2 rings (SSSR count). The molecule has 2 saturated heterocycles. The van der Waals surface area contributed by atoms with Crippen molar-refractivity contribution >= 4 is 12.0 Å². The summed E-state index contributed by atoms with van der Waals surface area (Å²) in [6.45, 7) is 8.66. The fourth-order valence-corrected chi connectivity index (χ4v) is 3.26. The second kappa shape index (κ2) is 8.67. The van der Waals surface area contributed by atoms with E-state index in [9.17, 15) is 9.59 Å². The quantitative estimate of drug-likeness (QED) is 0.762. The zero-order valence-electron chi connectivity index (χ0n) is 15.3. The van der Waals surface area contributed by atoms with Gasteiger partial charge in [-0.2, -0.15) is 0 Å². The average Bonchev–Trinajstić information content (AvgIpc) is 2.52. The number of likely N-dealkylation sites (N-methyl/N-ethyl adjacent to an activating group) is 1. The molecule has 0 spiro atoms. The lowest BCUT2D eigenvalue weighted by atomic mass is 9.99. The molecular weight excluding hydrogens is 310 g/mol. The predicted molar refractivity (Wildman–Crippen MR) is 90.8 cm³/mol. The van der Waals surface area contributed by atoms with E-state index in [2.05, 4.69) is 17.3 Å². The second-order valence-corrected chi connectivity index (χ2v) is 7.12. The van der Waals surface area contributed by atoms with Crippen molar-refractivity contribution in [3.63, 3.8) is 0 Å². The van der Waals surface area contributed by atoms with Crippen LogP contribution in [0.3, 0.4) is 0 Å². The monoisotopic (exact) mass is 341 g/mol. The van der Waals surface area contributed by atoms with Gasteiger partial charge in [0.25, 0.3) is 0 Å². The number of esters is 1. The molecule has 0 unspecified atom stereocenters. The van der Waals surface area contributed by atoms with Crippen LogP contribution >= 0.6 is 0 Å². The number of carbonyl (C=O) groups is 2. The van der Waals surface area contributed by atoms with Gasteiger partial charge in [0.05, 0.1) is 24.9 Å². The van der Waals surface area contributed by atoms with E-state index in [1.807, 2.05) is 25.7 Å². The Kier molecular flexibility index (Phi) is 6.86. The van der Waals surface area contributed by atoms with E-state index in [-0.39, 0.29) is 36.3 Å². The van der Waals surface area contributed by atoms with Crippen molar-refractivity contribution < 1.29 is 19.1 Å². The van der Waals surface area contributed by atoms with Gasteiger partial charge in [-0.15, -0.1) is 0 Å². The number of likely N-dealkylation sites (tertiary alicyclic amines) is 1. The lowest BCUT2D eigenvalue weighted by Crippen LogP contribution is -2.61. The zero-order chi connectivity index (χ0) is 17.7. The Balaban J connectivity index is 1.74. The van der Waals surface area contributed by atoms with E-state index in [1.165, 1.54) is 0 Å². The van der Waals surface area contributed by atoms with E-state index in [0.717, 1.165) is 19.6 Å². The third-order valence-corrected chi connectivity index (χ3v) is 4.67. The van der Waals surface area contributed by atoms with Gasteiger partial charge in [-0.1, -0.05) is 0 Å². The molecule has 1 N–H and O–H groups in total. The van der Waals surface area contributed by atoms with E-state index >= 15 is 0 Å². The lowest BCUT2D eigenvalue weighted by Gasteiger charge is -2.45. The summed E-state index contributed by atoms with van der Waals surface area (Å²) in [7, 11) is 2.09. The van der Waals surface area contributed by atoms with Crippen molar-refractivity contribution in [2.24, 2.45) is 0 Å². The highest BCUT2D eigenvalue weighted by Crippen LogP contribution is 2.22. The number of hydrogen-bond acceptors (Lipinski definition) is 5. The molecule has 0 bridgehead atoms. The van der Waals surface area contributed by atoms with Gasteiger partial charge in [0.1, 0.15) is 0 Å². The number of nitrogens with one attached hydrogen (secondary N) is 1. The summed E-state index contributed by atoms with van der Waals surface area (Å²) in [4.78, 5) is 28.2. The molecule has 0 aromatic heterocycles. The molecule has 0 saturated carbocycles. The van der Waals surface area contributed by atoms with Crippen molar-refractivity contribution in [3.8, 4) is 0 Å². The molecule has 138 valence electrons. The SMILES string of the molecule is CC(C)OC(=O)CC[C@@H](C)NC(=O)N1CC[C@H]2OCCN(C)[C@H]2C1. The van der Waals surface area contributed by atoms with Crippen LogP contribution in [0.2, 0.25) is 0 Å². The van der Waals surface area contributed by atoms with Crippen LogP contribution in [-0.2, 0) is 14.3 Å². The Morgan fingerprint density at radius 3 is 2.75 bits per heavy atom. The smallest absolute Gasteiger partial charge is 0.317 e. The summed E-state index contributed by atoms with van der Waals surface area (Å²) in [6, 6.07) is 0.155. The van der Waals surface area contributed by atoms with Crippen molar-refractivity contribution in [3.05, 3.63) is 0 Å². The summed E-state index contributed by atoms with van der Waals surface area (Å²) in [5.74, 6) is -0.215. The minimum absolute atomic E-state index is 0.0582. The Morgan fingerprint density at radius 1 is 1.29 bits per heavy atom. The number of morpholine rings is 1. The first-order chi connectivity index (χ1) is 11.4. The number of nitrogens with zero attached hydrogens (tertiary/aromatic N) is 2. The van der Waals surface area contributed by atoms with Crippen LogP contribution in [0.4, 0.5) is 4.79 Å². The van der Waals surface area contributed by atoms with E-state index in [4.69, 9.17) is 9.47 Å². The van der Waals surface area contributed by atoms with Crippen molar-refractivity contribution in [1.29, 1.82) is 0 Å². The number of carbonyl (C=O) groups excluding carboxylic acids is 2. The maximum absolute atomic E-state index is 12.5. The Hall–Kier alpha value is -1.34. The fourth-order valence-electron chi connectivity index (χ4n) is 3.26. The Bertz CT molecular complexity index is 444. The largest absolute Gasteiger partial charge is 0.463 e. The molecular formula is C17H31N3O4. The van der Waals surface area contributed by atoms with Crippen molar-refractivity contribution in [1.82, 2.24) is 15.1 Å². The molecule has 7 heteroatoms. The van der Waals surface area contributed by atoms with Crippen LogP contribution in [0, 0.1) is 0 Å². The molecule has 0 aliphatic carbocycles. The molecule has 3 atom stereocenters. The normalized spacial score (nSPS) is 26.0.